The van der Waals surface area contributed by atoms with Gasteiger partial charge in [-0.2, -0.15) is 0 Å². The lowest BCUT2D eigenvalue weighted by atomic mass is 9.92. The van der Waals surface area contributed by atoms with Gasteiger partial charge in [-0.25, -0.2) is 9.78 Å². The van der Waals surface area contributed by atoms with E-state index in [2.05, 4.69) is 15.0 Å². The normalized spacial score (nSPS) is 19.1. The summed E-state index contributed by atoms with van der Waals surface area (Å²) < 4.78 is 40.9. The number of benzene rings is 2. The molecule has 3 amide bonds. The molecule has 1 atom stereocenters. The van der Waals surface area contributed by atoms with Crippen LogP contribution in [0.25, 0.3) is 10.9 Å². The van der Waals surface area contributed by atoms with Crippen molar-refractivity contribution in [1.29, 1.82) is 0 Å². The molecule has 3 aromatic rings. The first-order valence-electron chi connectivity index (χ1n) is 9.11. The Morgan fingerprint density at radius 2 is 1.81 bits per heavy atom. The molecule has 1 aliphatic heterocycles. The summed E-state index contributed by atoms with van der Waals surface area (Å²) in [5, 5.41) is 3.57. The first kappa shape index (κ1) is 20.9. The van der Waals surface area contributed by atoms with Gasteiger partial charge in [0.15, 0.2) is 0 Å². The van der Waals surface area contributed by atoms with Gasteiger partial charge in [-0.1, -0.05) is 41.9 Å². The van der Waals surface area contributed by atoms with Gasteiger partial charge in [0.1, 0.15) is 16.4 Å². The van der Waals surface area contributed by atoms with Crippen LogP contribution in [0.1, 0.15) is 18.1 Å². The fourth-order valence-corrected chi connectivity index (χ4v) is 3.65. The molecular formula is C21H15ClF3N3O3. The van der Waals surface area contributed by atoms with E-state index in [1.165, 1.54) is 19.1 Å². The lowest BCUT2D eigenvalue weighted by Gasteiger charge is -2.22. The summed E-state index contributed by atoms with van der Waals surface area (Å²) in [5.41, 5.74) is 0.0250. The Balaban J connectivity index is 1.59. The predicted octanol–water partition coefficient (Wildman–Crippen LogP) is 4.75. The molecule has 0 bridgehead atoms. The Kier molecular flexibility index (Phi) is 5.01. The Bertz CT molecular complexity index is 1180. The van der Waals surface area contributed by atoms with E-state index in [-0.39, 0.29) is 11.7 Å². The van der Waals surface area contributed by atoms with Gasteiger partial charge in [-0.15, -0.1) is 13.2 Å². The minimum Gasteiger partial charge on any atom is -0.406 e. The summed E-state index contributed by atoms with van der Waals surface area (Å²) >= 11 is 6.25. The molecule has 0 spiro atoms. The summed E-state index contributed by atoms with van der Waals surface area (Å²) in [7, 11) is 0. The van der Waals surface area contributed by atoms with Crippen molar-refractivity contribution in [3.05, 3.63) is 70.9 Å². The number of pyridine rings is 1. The van der Waals surface area contributed by atoms with Gasteiger partial charge in [0.05, 0.1) is 12.1 Å². The van der Waals surface area contributed by atoms with E-state index in [4.69, 9.17) is 11.6 Å². The third-order valence-corrected chi connectivity index (χ3v) is 5.35. The standard InChI is InChI=1S/C21H15ClF3N3O3/c1-20(14-6-8-15(9-7-14)31-21(23,24)25)18(29)28(19(30)27-20)11-13-10-12-4-2-3-5-16(12)26-17(13)22/h2-10H,11H2,1H3,(H,27,30). The van der Waals surface area contributed by atoms with E-state index in [0.29, 0.717) is 16.6 Å². The molecule has 10 heteroatoms. The van der Waals surface area contributed by atoms with Crippen LogP contribution in [0.3, 0.4) is 0 Å². The number of halogens is 4. The maximum atomic E-state index is 13.1. The summed E-state index contributed by atoms with van der Waals surface area (Å²) in [6.45, 7) is 1.37. The van der Waals surface area contributed by atoms with Crippen molar-refractivity contribution in [2.24, 2.45) is 0 Å². The molecule has 1 aliphatic rings. The smallest absolute Gasteiger partial charge is 0.406 e. The molecule has 1 fully saturated rings. The Morgan fingerprint density at radius 1 is 1.13 bits per heavy atom. The lowest BCUT2D eigenvalue weighted by molar-refractivity contribution is -0.274. The van der Waals surface area contributed by atoms with E-state index in [1.807, 2.05) is 18.2 Å². The van der Waals surface area contributed by atoms with Crippen molar-refractivity contribution >= 4 is 34.4 Å². The predicted molar refractivity (Wildman–Crippen MR) is 106 cm³/mol. The highest BCUT2D eigenvalue weighted by atomic mass is 35.5. The highest BCUT2D eigenvalue weighted by molar-refractivity contribution is 6.30. The first-order valence-corrected chi connectivity index (χ1v) is 9.49. The average molecular weight is 450 g/mol. The second kappa shape index (κ2) is 7.42. The number of amides is 3. The monoisotopic (exact) mass is 449 g/mol. The van der Waals surface area contributed by atoms with Crippen molar-refractivity contribution in [2.45, 2.75) is 25.4 Å². The van der Waals surface area contributed by atoms with Crippen molar-refractivity contribution in [2.75, 3.05) is 0 Å². The van der Waals surface area contributed by atoms with Gasteiger partial charge < -0.3 is 10.1 Å². The van der Waals surface area contributed by atoms with Crippen LogP contribution in [0, 0.1) is 0 Å². The molecule has 1 unspecified atom stereocenters. The molecule has 0 saturated carbocycles. The van der Waals surface area contributed by atoms with Crippen LogP contribution in [-0.2, 0) is 16.9 Å². The number of nitrogens with one attached hydrogen (secondary N) is 1. The van der Waals surface area contributed by atoms with Crippen LogP contribution in [-0.4, -0.2) is 28.2 Å². The molecule has 2 aromatic carbocycles. The number of para-hydroxylation sites is 1. The van der Waals surface area contributed by atoms with Gasteiger partial charge >= 0.3 is 12.4 Å². The second-order valence-electron chi connectivity index (χ2n) is 7.15. The van der Waals surface area contributed by atoms with Crippen molar-refractivity contribution in [1.82, 2.24) is 15.2 Å². The summed E-state index contributed by atoms with van der Waals surface area (Å²) in [5.74, 6) is -0.992. The van der Waals surface area contributed by atoms with E-state index in [9.17, 15) is 22.8 Å². The van der Waals surface area contributed by atoms with E-state index >= 15 is 0 Å². The number of nitrogens with zero attached hydrogens (tertiary/aromatic N) is 2. The molecule has 0 aliphatic carbocycles. The Hall–Kier alpha value is -3.33. The number of imide groups is 1. The van der Waals surface area contributed by atoms with Gasteiger partial charge in [-0.05, 0) is 36.8 Å². The SMILES string of the molecule is CC1(c2ccc(OC(F)(F)F)cc2)NC(=O)N(Cc2cc3ccccc3nc2Cl)C1=O. The van der Waals surface area contributed by atoms with Gasteiger partial charge in [0.2, 0.25) is 0 Å². The summed E-state index contributed by atoms with van der Waals surface area (Å²) in [6.07, 6.45) is -4.83. The Labute approximate surface area is 179 Å². The van der Waals surface area contributed by atoms with Crippen molar-refractivity contribution < 1.29 is 27.5 Å². The fourth-order valence-electron chi connectivity index (χ4n) is 3.44. The number of hydrogen-bond acceptors (Lipinski definition) is 4. The zero-order chi connectivity index (χ0) is 22.4. The third kappa shape index (κ3) is 4.00. The molecule has 160 valence electrons. The number of alkyl halides is 3. The molecule has 1 aromatic heterocycles. The number of ether oxygens (including phenoxy) is 1. The topological polar surface area (TPSA) is 71.5 Å². The largest absolute Gasteiger partial charge is 0.573 e. The molecular weight excluding hydrogens is 435 g/mol. The molecule has 6 nitrogen and oxygen atoms in total. The first-order chi connectivity index (χ1) is 14.6. The number of rotatable bonds is 4. The Morgan fingerprint density at radius 3 is 2.48 bits per heavy atom. The quantitative estimate of drug-likeness (QED) is 0.461. The molecule has 2 heterocycles. The van der Waals surface area contributed by atoms with Crippen LogP contribution in [0.15, 0.2) is 54.6 Å². The van der Waals surface area contributed by atoms with E-state index < -0.39 is 29.6 Å². The number of carbonyl (C=O) groups excluding carboxylic acids is 2. The number of fused-ring (bicyclic) bond motifs is 1. The van der Waals surface area contributed by atoms with Crippen LogP contribution in [0.4, 0.5) is 18.0 Å². The zero-order valence-electron chi connectivity index (χ0n) is 16.0. The van der Waals surface area contributed by atoms with E-state index in [1.54, 1.807) is 12.1 Å². The number of urea groups is 1. The van der Waals surface area contributed by atoms with Crippen LogP contribution >= 0.6 is 11.6 Å². The van der Waals surface area contributed by atoms with Crippen molar-refractivity contribution in [3.8, 4) is 5.75 Å². The maximum Gasteiger partial charge on any atom is 0.573 e. The van der Waals surface area contributed by atoms with Gasteiger partial charge in [0, 0.05) is 10.9 Å². The third-order valence-electron chi connectivity index (χ3n) is 5.02. The molecule has 31 heavy (non-hydrogen) atoms. The highest BCUT2D eigenvalue weighted by Gasteiger charge is 2.49. The van der Waals surface area contributed by atoms with Gasteiger partial charge in [0.25, 0.3) is 5.91 Å². The second-order valence-corrected chi connectivity index (χ2v) is 7.51. The molecule has 1 N–H and O–H groups in total. The van der Waals surface area contributed by atoms with Crippen LogP contribution in [0.2, 0.25) is 5.15 Å². The zero-order valence-corrected chi connectivity index (χ0v) is 16.8. The lowest BCUT2D eigenvalue weighted by Crippen LogP contribution is -2.40. The summed E-state index contributed by atoms with van der Waals surface area (Å²) in [4.78, 5) is 31.0. The van der Waals surface area contributed by atoms with E-state index in [0.717, 1.165) is 22.4 Å². The number of hydrogen-bond donors (Lipinski definition) is 1. The number of aromatic nitrogens is 1. The summed E-state index contributed by atoms with van der Waals surface area (Å²) in [6, 6.07) is 13.2. The van der Waals surface area contributed by atoms with Crippen LogP contribution < -0.4 is 10.1 Å². The van der Waals surface area contributed by atoms with Crippen molar-refractivity contribution in [3.63, 3.8) is 0 Å². The van der Waals surface area contributed by atoms with Crippen LogP contribution in [0.5, 0.6) is 5.75 Å². The minimum atomic E-state index is -4.83. The molecule has 4 rings (SSSR count). The maximum absolute atomic E-state index is 13.1. The molecule has 1 saturated heterocycles. The number of carbonyl (C=O) groups is 2. The highest BCUT2D eigenvalue weighted by Crippen LogP contribution is 2.33. The minimum absolute atomic E-state index is 0.105. The molecule has 0 radical (unpaired) electrons. The fraction of sp³-hybridized carbons (Fsp3) is 0.190. The average Bonchev–Trinajstić information content (AvgIpc) is 2.91. The van der Waals surface area contributed by atoms with Gasteiger partial charge in [-0.3, -0.25) is 9.69 Å².